The van der Waals surface area contributed by atoms with Crippen molar-refractivity contribution < 1.29 is 18.7 Å². The van der Waals surface area contributed by atoms with Crippen LogP contribution in [0.5, 0.6) is 5.75 Å². The molecule has 0 saturated carbocycles. The molecular weight excluding hydrogens is 389 g/mol. The molecule has 2 aromatic carbocycles. The highest BCUT2D eigenvalue weighted by molar-refractivity contribution is 6.00. The number of H-pyrrole nitrogens is 1. The number of hydrogen-bond acceptors (Lipinski definition) is 5. The van der Waals surface area contributed by atoms with Crippen molar-refractivity contribution >= 4 is 11.7 Å². The van der Waals surface area contributed by atoms with Crippen LogP contribution in [0.15, 0.2) is 58.3 Å². The fourth-order valence-corrected chi connectivity index (χ4v) is 3.09. The zero-order valence-electron chi connectivity index (χ0n) is 16.9. The monoisotopic (exact) mass is 411 g/mol. The molecule has 0 radical (unpaired) electrons. The maximum absolute atomic E-state index is 13.3. The average molecular weight is 411 g/mol. The van der Waals surface area contributed by atoms with Crippen LogP contribution in [0.1, 0.15) is 23.7 Å². The Morgan fingerprint density at radius 1 is 1.13 bits per heavy atom. The Hall–Kier alpha value is -3.68. The molecule has 1 N–H and O–H groups in total. The van der Waals surface area contributed by atoms with Gasteiger partial charge in [0.05, 0.1) is 44.1 Å². The van der Waals surface area contributed by atoms with Crippen molar-refractivity contribution in [2.45, 2.75) is 19.9 Å². The molecule has 0 bridgehead atoms. The zero-order valence-corrected chi connectivity index (χ0v) is 16.9. The van der Waals surface area contributed by atoms with E-state index in [0.717, 1.165) is 5.56 Å². The number of nitrogens with one attached hydrogen (secondary N) is 1. The molecule has 0 fully saturated rings. The summed E-state index contributed by atoms with van der Waals surface area (Å²) in [5.41, 5.74) is 2.03. The van der Waals surface area contributed by atoms with E-state index in [9.17, 15) is 14.0 Å². The Morgan fingerprint density at radius 3 is 2.50 bits per heavy atom. The molecule has 8 heteroatoms. The van der Waals surface area contributed by atoms with Gasteiger partial charge in [-0.2, -0.15) is 0 Å². The number of halogens is 1. The van der Waals surface area contributed by atoms with E-state index in [1.807, 2.05) is 24.3 Å². The molecule has 3 aromatic rings. The van der Waals surface area contributed by atoms with E-state index < -0.39 is 11.8 Å². The number of nitrogens with zero attached hydrogens (tertiary/aromatic N) is 2. The normalized spacial score (nSPS) is 11.4. The van der Waals surface area contributed by atoms with Crippen molar-refractivity contribution in [1.29, 1.82) is 0 Å². The van der Waals surface area contributed by atoms with Crippen molar-refractivity contribution in [2.75, 3.05) is 14.2 Å². The molecule has 0 aliphatic rings. The Labute approximate surface area is 172 Å². The molecule has 156 valence electrons. The van der Waals surface area contributed by atoms with Gasteiger partial charge in [-0.25, -0.2) is 9.07 Å². The minimum atomic E-state index is -0.499. The zero-order chi connectivity index (χ0) is 21.7. The highest BCUT2D eigenvalue weighted by Gasteiger charge is 2.20. The van der Waals surface area contributed by atoms with Gasteiger partial charge in [0.2, 0.25) is 0 Å². The van der Waals surface area contributed by atoms with Gasteiger partial charge in [0, 0.05) is 11.3 Å². The van der Waals surface area contributed by atoms with Gasteiger partial charge >= 0.3 is 5.97 Å². The standard InChI is InChI=1S/C22H22FN3O4/c1-14(24-13-15-6-4-5-7-19(15)29-2)21-18(12-20(27)30-3)25-26(22(21)28)17-10-8-16(23)9-11-17/h4-11,25H,12-13H2,1-3H3. The summed E-state index contributed by atoms with van der Waals surface area (Å²) < 4.78 is 24.6. The largest absolute Gasteiger partial charge is 0.496 e. The number of ether oxygens (including phenoxy) is 2. The Kier molecular flexibility index (Phi) is 6.46. The van der Waals surface area contributed by atoms with Crippen molar-refractivity contribution in [2.24, 2.45) is 4.99 Å². The number of aromatic amines is 1. The summed E-state index contributed by atoms with van der Waals surface area (Å²) in [5, 5.41) is 2.93. The van der Waals surface area contributed by atoms with E-state index >= 15 is 0 Å². The summed E-state index contributed by atoms with van der Waals surface area (Å²) in [4.78, 5) is 29.5. The van der Waals surface area contributed by atoms with E-state index in [-0.39, 0.29) is 17.5 Å². The minimum absolute atomic E-state index is 0.128. The SMILES string of the molecule is COC(=O)Cc1[nH]n(-c2ccc(F)cc2)c(=O)c1C(C)=NCc1ccccc1OC. The number of esters is 1. The van der Waals surface area contributed by atoms with E-state index in [4.69, 9.17) is 9.47 Å². The highest BCUT2D eigenvalue weighted by atomic mass is 19.1. The van der Waals surface area contributed by atoms with Gasteiger partial charge in [-0.3, -0.25) is 19.7 Å². The number of rotatable bonds is 7. The summed E-state index contributed by atoms with van der Waals surface area (Å²) in [6.45, 7) is 2.00. The van der Waals surface area contributed by atoms with Gasteiger partial charge < -0.3 is 9.47 Å². The summed E-state index contributed by atoms with van der Waals surface area (Å²) in [5.74, 6) is -0.217. The minimum Gasteiger partial charge on any atom is -0.496 e. The molecular formula is C22H22FN3O4. The number of para-hydroxylation sites is 1. The fraction of sp³-hybridized carbons (Fsp3) is 0.227. The first-order valence-electron chi connectivity index (χ1n) is 9.24. The van der Waals surface area contributed by atoms with Crippen LogP contribution in [0, 0.1) is 5.82 Å². The lowest BCUT2D eigenvalue weighted by Gasteiger charge is -2.06. The number of benzene rings is 2. The third-order valence-electron chi connectivity index (χ3n) is 4.64. The van der Waals surface area contributed by atoms with Crippen molar-refractivity contribution in [3.05, 3.63) is 81.5 Å². The second kappa shape index (κ2) is 9.21. The Bertz CT molecular complexity index is 1130. The molecule has 0 saturated heterocycles. The number of hydrogen-bond donors (Lipinski definition) is 1. The number of carbonyl (C=O) groups excluding carboxylic acids is 1. The Balaban J connectivity index is 2.03. The number of aliphatic imine (C=N–C) groups is 1. The molecule has 0 unspecified atom stereocenters. The lowest BCUT2D eigenvalue weighted by atomic mass is 10.1. The molecule has 1 heterocycles. The second-order valence-electron chi connectivity index (χ2n) is 6.55. The van der Waals surface area contributed by atoms with Gasteiger partial charge in [0.1, 0.15) is 11.6 Å². The quantitative estimate of drug-likeness (QED) is 0.478. The van der Waals surface area contributed by atoms with Gasteiger partial charge in [-0.05, 0) is 37.3 Å². The maximum atomic E-state index is 13.3. The van der Waals surface area contributed by atoms with Crippen molar-refractivity contribution in [3.8, 4) is 11.4 Å². The number of carbonyl (C=O) groups is 1. The molecule has 0 aliphatic heterocycles. The molecule has 0 amide bonds. The predicted octanol–water partition coefficient (Wildman–Crippen LogP) is 3.04. The number of aromatic nitrogens is 2. The van der Waals surface area contributed by atoms with E-state index in [0.29, 0.717) is 29.4 Å². The summed E-state index contributed by atoms with van der Waals surface area (Å²) in [6.07, 6.45) is -0.128. The summed E-state index contributed by atoms with van der Waals surface area (Å²) >= 11 is 0. The molecule has 30 heavy (non-hydrogen) atoms. The van der Waals surface area contributed by atoms with Gasteiger partial charge in [-0.15, -0.1) is 0 Å². The van der Waals surface area contributed by atoms with E-state index in [2.05, 4.69) is 10.1 Å². The van der Waals surface area contributed by atoms with Gasteiger partial charge in [0.25, 0.3) is 5.56 Å². The smallest absolute Gasteiger partial charge is 0.311 e. The van der Waals surface area contributed by atoms with Crippen LogP contribution in [0.2, 0.25) is 0 Å². The summed E-state index contributed by atoms with van der Waals surface area (Å²) in [7, 11) is 2.86. The molecule has 1 aromatic heterocycles. The highest BCUT2D eigenvalue weighted by Crippen LogP contribution is 2.19. The van der Waals surface area contributed by atoms with Crippen LogP contribution < -0.4 is 10.3 Å². The first-order valence-corrected chi connectivity index (χ1v) is 9.24. The summed E-state index contributed by atoms with van der Waals surface area (Å²) in [6, 6.07) is 12.9. The molecule has 0 atom stereocenters. The fourth-order valence-electron chi connectivity index (χ4n) is 3.09. The Morgan fingerprint density at radius 2 is 1.83 bits per heavy atom. The lowest BCUT2D eigenvalue weighted by Crippen LogP contribution is -2.20. The van der Waals surface area contributed by atoms with Crippen molar-refractivity contribution in [3.63, 3.8) is 0 Å². The van der Waals surface area contributed by atoms with Crippen LogP contribution in [0.25, 0.3) is 5.69 Å². The van der Waals surface area contributed by atoms with E-state index in [1.165, 1.54) is 36.1 Å². The van der Waals surface area contributed by atoms with Gasteiger partial charge in [-0.1, -0.05) is 18.2 Å². The second-order valence-corrected chi connectivity index (χ2v) is 6.55. The first kappa shape index (κ1) is 21.0. The predicted molar refractivity (Wildman–Crippen MR) is 111 cm³/mol. The molecule has 0 aliphatic carbocycles. The topological polar surface area (TPSA) is 85.7 Å². The number of methoxy groups -OCH3 is 2. The van der Waals surface area contributed by atoms with Crippen molar-refractivity contribution in [1.82, 2.24) is 9.78 Å². The van der Waals surface area contributed by atoms with E-state index in [1.54, 1.807) is 14.0 Å². The van der Waals surface area contributed by atoms with Crippen LogP contribution >= 0.6 is 0 Å². The maximum Gasteiger partial charge on any atom is 0.311 e. The first-order chi connectivity index (χ1) is 14.4. The third-order valence-corrected chi connectivity index (χ3v) is 4.64. The van der Waals surface area contributed by atoms with Crippen LogP contribution in [-0.4, -0.2) is 35.7 Å². The molecule has 0 spiro atoms. The van der Waals surface area contributed by atoms with Crippen LogP contribution in [-0.2, 0) is 22.5 Å². The van der Waals surface area contributed by atoms with Crippen LogP contribution in [0.4, 0.5) is 4.39 Å². The third kappa shape index (κ3) is 4.48. The average Bonchev–Trinajstić information content (AvgIpc) is 3.08. The van der Waals surface area contributed by atoms with Crippen LogP contribution in [0.3, 0.4) is 0 Å². The van der Waals surface area contributed by atoms with Gasteiger partial charge in [0.15, 0.2) is 0 Å². The molecule has 7 nitrogen and oxygen atoms in total. The lowest BCUT2D eigenvalue weighted by molar-refractivity contribution is -0.139. The molecule has 3 rings (SSSR count).